The van der Waals surface area contributed by atoms with Crippen molar-refractivity contribution in [1.29, 1.82) is 0 Å². The maximum Gasteiger partial charge on any atom is 0.237 e. The minimum atomic E-state index is -3.78. The first-order chi connectivity index (χ1) is 15.8. The summed E-state index contributed by atoms with van der Waals surface area (Å²) < 4.78 is 55.0. The van der Waals surface area contributed by atoms with E-state index in [0.717, 1.165) is 58.0 Å². The second-order valence-electron chi connectivity index (χ2n) is 10.5. The summed E-state index contributed by atoms with van der Waals surface area (Å²) >= 11 is 0. The van der Waals surface area contributed by atoms with Crippen LogP contribution < -0.4 is 16.0 Å². The van der Waals surface area contributed by atoms with Crippen LogP contribution in [0.25, 0.3) is 0 Å². The third-order valence-electron chi connectivity index (χ3n) is 8.18. The number of amides is 1. The largest absolute Gasteiger partial charge is 0.355 e. The van der Waals surface area contributed by atoms with Crippen LogP contribution in [0.4, 0.5) is 8.78 Å². The van der Waals surface area contributed by atoms with Crippen LogP contribution in [0.2, 0.25) is 0 Å². The highest BCUT2D eigenvalue weighted by Crippen LogP contribution is 2.33. The van der Waals surface area contributed by atoms with Gasteiger partial charge in [-0.15, -0.1) is 0 Å². The SMILES string of the molecule is O=C(NCCCCC1CCN(S(=O)(=O)C2CC(F)CCC2F)CC1)C1CC2CNCCC2N1. The summed E-state index contributed by atoms with van der Waals surface area (Å²) in [6.45, 7) is 3.47. The van der Waals surface area contributed by atoms with E-state index in [-0.39, 0.29) is 31.2 Å². The summed E-state index contributed by atoms with van der Waals surface area (Å²) in [5, 5.41) is 8.72. The number of hydrogen-bond donors (Lipinski definition) is 3. The fourth-order valence-corrected chi connectivity index (χ4v) is 8.15. The van der Waals surface area contributed by atoms with Gasteiger partial charge in [0.2, 0.25) is 15.9 Å². The van der Waals surface area contributed by atoms with Crippen LogP contribution in [-0.2, 0) is 14.8 Å². The molecule has 0 radical (unpaired) electrons. The molecule has 1 saturated carbocycles. The lowest BCUT2D eigenvalue weighted by Crippen LogP contribution is -2.49. The quantitative estimate of drug-likeness (QED) is 0.452. The molecule has 6 unspecified atom stereocenters. The molecule has 3 aliphatic heterocycles. The Morgan fingerprint density at radius 3 is 2.58 bits per heavy atom. The van der Waals surface area contributed by atoms with Crippen molar-refractivity contribution in [2.75, 3.05) is 32.7 Å². The van der Waals surface area contributed by atoms with Gasteiger partial charge in [0.1, 0.15) is 17.6 Å². The van der Waals surface area contributed by atoms with Gasteiger partial charge in [-0.25, -0.2) is 21.5 Å². The van der Waals surface area contributed by atoms with E-state index in [4.69, 9.17) is 0 Å². The average molecular weight is 491 g/mol. The minimum Gasteiger partial charge on any atom is -0.355 e. The Kier molecular flexibility index (Phi) is 8.62. The third kappa shape index (κ3) is 6.24. The van der Waals surface area contributed by atoms with E-state index in [1.54, 1.807) is 0 Å². The number of nitrogens with zero attached hydrogens (tertiary/aromatic N) is 1. The molecule has 10 heteroatoms. The standard InChI is InChI=1S/C23H40F2N4O3S/c24-18-4-5-19(25)22(14-18)33(31,32)29-11-7-16(8-12-29)3-1-2-9-27-23(30)21-13-17-15-26-10-6-20(17)28-21/h16-22,26,28H,1-15H2,(H,27,30). The predicted molar refractivity (Wildman–Crippen MR) is 124 cm³/mol. The fraction of sp³-hybridized carbons (Fsp3) is 0.957. The Hall–Kier alpha value is -0.840. The Morgan fingerprint density at radius 2 is 1.82 bits per heavy atom. The number of hydrogen-bond acceptors (Lipinski definition) is 5. The second-order valence-corrected chi connectivity index (χ2v) is 12.6. The van der Waals surface area contributed by atoms with E-state index in [1.807, 2.05) is 0 Å². The van der Waals surface area contributed by atoms with E-state index < -0.39 is 27.6 Å². The molecule has 0 aromatic rings. The van der Waals surface area contributed by atoms with Gasteiger partial charge in [0.05, 0.1) is 6.04 Å². The summed E-state index contributed by atoms with van der Waals surface area (Å²) in [7, 11) is -3.78. The highest BCUT2D eigenvalue weighted by atomic mass is 32.2. The van der Waals surface area contributed by atoms with Gasteiger partial charge in [-0.1, -0.05) is 12.8 Å². The number of carbonyl (C=O) groups excluding carboxylic acids is 1. The van der Waals surface area contributed by atoms with Gasteiger partial charge in [-0.05, 0) is 76.3 Å². The van der Waals surface area contributed by atoms with Gasteiger partial charge in [0.25, 0.3) is 0 Å². The third-order valence-corrected chi connectivity index (χ3v) is 10.5. The molecular weight excluding hydrogens is 450 g/mol. The van der Waals surface area contributed by atoms with E-state index in [9.17, 15) is 22.0 Å². The van der Waals surface area contributed by atoms with Gasteiger partial charge in [0.15, 0.2) is 0 Å². The predicted octanol–water partition coefficient (Wildman–Crippen LogP) is 1.88. The number of fused-ring (bicyclic) bond motifs is 1. The molecule has 4 fully saturated rings. The molecule has 3 heterocycles. The molecule has 3 N–H and O–H groups in total. The lowest BCUT2D eigenvalue weighted by atomic mass is 9.92. The molecule has 0 bridgehead atoms. The van der Waals surface area contributed by atoms with Gasteiger partial charge < -0.3 is 16.0 Å². The Bertz CT molecular complexity index is 749. The lowest BCUT2D eigenvalue weighted by Gasteiger charge is -2.36. The number of sulfonamides is 1. The average Bonchev–Trinajstić information content (AvgIpc) is 3.25. The molecule has 0 aromatic carbocycles. The van der Waals surface area contributed by atoms with Crippen molar-refractivity contribution >= 4 is 15.9 Å². The minimum absolute atomic E-state index is 0.00670. The highest BCUT2D eigenvalue weighted by Gasteiger charge is 2.43. The summed E-state index contributed by atoms with van der Waals surface area (Å²) in [6, 6.07) is 0.385. The van der Waals surface area contributed by atoms with E-state index in [2.05, 4.69) is 16.0 Å². The summed E-state index contributed by atoms with van der Waals surface area (Å²) in [6.07, 6.45) is 3.62. The maximum atomic E-state index is 14.2. The lowest BCUT2D eigenvalue weighted by molar-refractivity contribution is -0.122. The number of alkyl halides is 2. The van der Waals surface area contributed by atoms with Crippen molar-refractivity contribution in [3.8, 4) is 0 Å². The van der Waals surface area contributed by atoms with Crippen LogP contribution in [0, 0.1) is 11.8 Å². The fourth-order valence-electron chi connectivity index (χ4n) is 6.09. The monoisotopic (exact) mass is 490 g/mol. The number of carbonyl (C=O) groups is 1. The molecule has 3 saturated heterocycles. The maximum absolute atomic E-state index is 14.2. The van der Waals surface area contributed by atoms with Crippen molar-refractivity contribution < 1.29 is 22.0 Å². The van der Waals surface area contributed by atoms with Crippen molar-refractivity contribution in [2.45, 2.75) is 93.9 Å². The van der Waals surface area contributed by atoms with Crippen LogP contribution in [0.1, 0.15) is 64.2 Å². The molecule has 190 valence electrons. The summed E-state index contributed by atoms with van der Waals surface area (Å²) in [5.74, 6) is 1.10. The van der Waals surface area contributed by atoms with Crippen LogP contribution in [0.15, 0.2) is 0 Å². The van der Waals surface area contributed by atoms with Crippen LogP contribution in [0.5, 0.6) is 0 Å². The number of unbranched alkanes of at least 4 members (excludes halogenated alkanes) is 1. The molecule has 4 aliphatic rings. The summed E-state index contributed by atoms with van der Waals surface area (Å²) in [4.78, 5) is 12.5. The smallest absolute Gasteiger partial charge is 0.237 e. The van der Waals surface area contributed by atoms with E-state index in [0.29, 0.717) is 37.5 Å². The molecule has 0 aromatic heterocycles. The van der Waals surface area contributed by atoms with Gasteiger partial charge in [-0.2, -0.15) is 0 Å². The van der Waals surface area contributed by atoms with Crippen molar-refractivity contribution in [2.24, 2.45) is 11.8 Å². The first-order valence-corrected chi connectivity index (χ1v) is 14.4. The molecule has 7 nitrogen and oxygen atoms in total. The normalized spacial score (nSPS) is 36.4. The number of piperidine rings is 2. The molecule has 0 spiro atoms. The number of rotatable bonds is 8. The van der Waals surface area contributed by atoms with Gasteiger partial charge in [0, 0.05) is 25.7 Å². The Balaban J connectivity index is 1.10. The van der Waals surface area contributed by atoms with E-state index >= 15 is 0 Å². The molecule has 4 rings (SSSR count). The zero-order chi connectivity index (χ0) is 23.4. The Morgan fingerprint density at radius 1 is 1.03 bits per heavy atom. The van der Waals surface area contributed by atoms with Gasteiger partial charge in [-0.3, -0.25) is 4.79 Å². The van der Waals surface area contributed by atoms with Gasteiger partial charge >= 0.3 is 0 Å². The van der Waals surface area contributed by atoms with Crippen molar-refractivity contribution in [3.63, 3.8) is 0 Å². The van der Waals surface area contributed by atoms with Crippen molar-refractivity contribution in [3.05, 3.63) is 0 Å². The number of halogens is 2. The van der Waals surface area contributed by atoms with Crippen LogP contribution >= 0.6 is 0 Å². The summed E-state index contributed by atoms with van der Waals surface area (Å²) in [5.41, 5.74) is 0. The van der Waals surface area contributed by atoms with Crippen LogP contribution in [-0.4, -0.2) is 81.0 Å². The molecule has 1 amide bonds. The van der Waals surface area contributed by atoms with Crippen molar-refractivity contribution in [1.82, 2.24) is 20.3 Å². The zero-order valence-corrected chi connectivity index (χ0v) is 20.3. The van der Waals surface area contributed by atoms with Crippen LogP contribution in [0.3, 0.4) is 0 Å². The highest BCUT2D eigenvalue weighted by molar-refractivity contribution is 7.89. The molecule has 1 aliphatic carbocycles. The second kappa shape index (κ2) is 11.3. The molecule has 6 atom stereocenters. The first kappa shape index (κ1) is 25.3. The Labute approximate surface area is 196 Å². The molecule has 33 heavy (non-hydrogen) atoms. The zero-order valence-electron chi connectivity index (χ0n) is 19.5. The topological polar surface area (TPSA) is 90.5 Å². The van der Waals surface area contributed by atoms with E-state index in [1.165, 1.54) is 4.31 Å². The molecular formula is C23H40F2N4O3S. The number of nitrogens with one attached hydrogen (secondary N) is 3. The first-order valence-electron chi connectivity index (χ1n) is 12.9.